The molecule has 3 rings (SSSR count). The molecule has 0 atom stereocenters. The van der Waals surface area contributed by atoms with Gasteiger partial charge in [0.05, 0.1) is 17.9 Å². The van der Waals surface area contributed by atoms with E-state index in [1.54, 1.807) is 36.5 Å². The van der Waals surface area contributed by atoms with Gasteiger partial charge in [-0.3, -0.25) is 4.79 Å². The smallest absolute Gasteiger partial charge is 0.389 e. The van der Waals surface area contributed by atoms with Crippen LogP contribution in [0.1, 0.15) is 38.2 Å². The molecule has 0 amide bonds. The summed E-state index contributed by atoms with van der Waals surface area (Å²) in [6.07, 6.45) is -0.703. The van der Waals surface area contributed by atoms with Gasteiger partial charge in [-0.1, -0.05) is 0 Å². The van der Waals surface area contributed by atoms with Crippen LogP contribution < -0.4 is 15.6 Å². The molecule has 0 unspecified atom stereocenters. The van der Waals surface area contributed by atoms with Gasteiger partial charge in [-0.25, -0.2) is 0 Å². The van der Waals surface area contributed by atoms with E-state index >= 15 is 0 Å². The van der Waals surface area contributed by atoms with Gasteiger partial charge < -0.3 is 20.4 Å². The third-order valence-electron chi connectivity index (χ3n) is 5.00. The van der Waals surface area contributed by atoms with E-state index in [1.165, 1.54) is 6.08 Å². The second-order valence-electron chi connectivity index (χ2n) is 7.64. The van der Waals surface area contributed by atoms with Crippen molar-refractivity contribution < 1.29 is 17.9 Å². The molecule has 3 aromatic rings. The molecule has 4 N–H and O–H groups in total. The Labute approximate surface area is 199 Å². The standard InChI is InChI=1S/C23H26F3N7O2/c1-2-28-12-10-18(27)17-14-19(29-22(34)20(17)21-30-32-33-31-21)15-6-8-16(9-7-15)35-13-5-3-4-11-23(24,25)26/h6-10,12,14,27-28H,2-5,11,13H2,1H3,(H,29,34)(H,30,31,32,33)/b12-10-,27-18?. The molecule has 0 aliphatic rings. The van der Waals surface area contributed by atoms with E-state index in [1.807, 2.05) is 6.92 Å². The number of rotatable bonds is 12. The predicted molar refractivity (Wildman–Crippen MR) is 125 cm³/mol. The number of allylic oxidation sites excluding steroid dienone is 1. The van der Waals surface area contributed by atoms with Crippen LogP contribution in [0.2, 0.25) is 0 Å². The fraction of sp³-hybridized carbons (Fsp3) is 0.348. The van der Waals surface area contributed by atoms with Gasteiger partial charge in [0.15, 0.2) is 0 Å². The molecule has 2 heterocycles. The molecule has 0 saturated carbocycles. The average molecular weight is 490 g/mol. The van der Waals surface area contributed by atoms with Crippen LogP contribution in [0.4, 0.5) is 13.2 Å². The SMILES string of the molecule is CCN/C=C\C(=N)c1cc(-c2ccc(OCCCCCC(F)(F)F)cc2)[nH]c(=O)c1-c1nn[nH]n1. The van der Waals surface area contributed by atoms with Crippen molar-refractivity contribution >= 4 is 5.71 Å². The molecular weight excluding hydrogens is 463 g/mol. The summed E-state index contributed by atoms with van der Waals surface area (Å²) < 4.78 is 42.2. The number of tetrazole rings is 1. The first kappa shape index (κ1) is 25.7. The topological polar surface area (TPSA) is 132 Å². The van der Waals surface area contributed by atoms with Crippen LogP contribution in [0.3, 0.4) is 0 Å². The number of pyridine rings is 1. The third kappa shape index (κ3) is 7.52. The molecule has 0 aliphatic carbocycles. The molecule has 0 spiro atoms. The highest BCUT2D eigenvalue weighted by atomic mass is 19.4. The summed E-state index contributed by atoms with van der Waals surface area (Å²) in [5.41, 5.74) is 1.24. The third-order valence-corrected chi connectivity index (χ3v) is 5.00. The first-order valence-electron chi connectivity index (χ1n) is 11.1. The Morgan fingerprint density at radius 1 is 1.20 bits per heavy atom. The van der Waals surface area contributed by atoms with Crippen molar-refractivity contribution in [3.63, 3.8) is 0 Å². The Morgan fingerprint density at radius 3 is 2.63 bits per heavy atom. The fourth-order valence-corrected chi connectivity index (χ4v) is 3.29. The number of H-pyrrole nitrogens is 2. The summed E-state index contributed by atoms with van der Waals surface area (Å²) in [5.74, 6) is 0.644. The molecule has 0 radical (unpaired) electrons. The number of aromatic nitrogens is 5. The van der Waals surface area contributed by atoms with Gasteiger partial charge in [0.25, 0.3) is 5.56 Å². The normalized spacial score (nSPS) is 11.7. The van der Waals surface area contributed by atoms with Crippen molar-refractivity contribution in [1.29, 1.82) is 5.41 Å². The lowest BCUT2D eigenvalue weighted by Crippen LogP contribution is -2.16. The van der Waals surface area contributed by atoms with Crippen molar-refractivity contribution in [2.24, 2.45) is 0 Å². The average Bonchev–Trinajstić information content (AvgIpc) is 3.35. The molecule has 186 valence electrons. The highest BCUT2D eigenvalue weighted by Gasteiger charge is 2.25. The van der Waals surface area contributed by atoms with Crippen LogP contribution in [0, 0.1) is 5.41 Å². The minimum atomic E-state index is -4.12. The van der Waals surface area contributed by atoms with Crippen LogP contribution >= 0.6 is 0 Å². The zero-order valence-electron chi connectivity index (χ0n) is 19.1. The Kier molecular flexibility index (Phi) is 8.76. The molecule has 35 heavy (non-hydrogen) atoms. The monoisotopic (exact) mass is 489 g/mol. The van der Waals surface area contributed by atoms with Gasteiger partial charge in [0.2, 0.25) is 5.82 Å². The summed E-state index contributed by atoms with van der Waals surface area (Å²) in [5, 5.41) is 25.0. The fourth-order valence-electron chi connectivity index (χ4n) is 3.29. The highest BCUT2D eigenvalue weighted by Crippen LogP contribution is 2.25. The van der Waals surface area contributed by atoms with E-state index in [2.05, 4.69) is 30.9 Å². The van der Waals surface area contributed by atoms with Crippen molar-refractivity contribution in [2.45, 2.75) is 38.8 Å². The van der Waals surface area contributed by atoms with E-state index in [-0.39, 0.29) is 23.5 Å². The van der Waals surface area contributed by atoms with Gasteiger partial charge >= 0.3 is 6.18 Å². The van der Waals surface area contributed by atoms with Gasteiger partial charge in [0, 0.05) is 24.2 Å². The second kappa shape index (κ2) is 12.0. The first-order chi connectivity index (χ1) is 16.8. The predicted octanol–water partition coefficient (Wildman–Crippen LogP) is 4.21. The second-order valence-corrected chi connectivity index (χ2v) is 7.64. The van der Waals surface area contributed by atoms with Crippen LogP contribution in [-0.2, 0) is 0 Å². The summed E-state index contributed by atoms with van der Waals surface area (Å²) in [6, 6.07) is 8.60. The number of halogens is 3. The van der Waals surface area contributed by atoms with Crippen molar-refractivity contribution in [1.82, 2.24) is 30.9 Å². The van der Waals surface area contributed by atoms with Crippen molar-refractivity contribution in [3.05, 3.63) is 58.5 Å². The maximum absolute atomic E-state index is 12.9. The maximum atomic E-state index is 12.9. The number of hydrogen-bond donors (Lipinski definition) is 4. The van der Waals surface area contributed by atoms with Crippen molar-refractivity contribution in [2.75, 3.05) is 13.2 Å². The number of nitrogens with zero attached hydrogens (tertiary/aromatic N) is 3. The van der Waals surface area contributed by atoms with Gasteiger partial charge in [-0.05, 0) is 79.6 Å². The first-order valence-corrected chi connectivity index (χ1v) is 11.1. The highest BCUT2D eigenvalue weighted by molar-refractivity contribution is 6.10. The molecule has 9 nitrogen and oxygen atoms in total. The number of aromatic amines is 2. The molecule has 1 aromatic carbocycles. The minimum Gasteiger partial charge on any atom is -0.494 e. The van der Waals surface area contributed by atoms with Crippen LogP contribution in [0.15, 0.2) is 47.4 Å². The van der Waals surface area contributed by atoms with E-state index in [9.17, 15) is 18.0 Å². The molecular formula is C23H26F3N7O2. The zero-order valence-corrected chi connectivity index (χ0v) is 19.1. The molecule has 0 saturated heterocycles. The van der Waals surface area contributed by atoms with Gasteiger partial charge in [-0.15, -0.1) is 10.2 Å². The quantitative estimate of drug-likeness (QED) is 0.223. The zero-order chi connectivity index (χ0) is 25.3. The lowest BCUT2D eigenvalue weighted by atomic mass is 10.0. The molecule has 2 aromatic heterocycles. The Hall–Kier alpha value is -3.96. The number of ether oxygens (including phenoxy) is 1. The Morgan fingerprint density at radius 2 is 1.97 bits per heavy atom. The van der Waals surface area contributed by atoms with Gasteiger partial charge in [0.1, 0.15) is 5.75 Å². The molecule has 0 fully saturated rings. The van der Waals surface area contributed by atoms with E-state index in [4.69, 9.17) is 10.1 Å². The molecule has 12 heteroatoms. The lowest BCUT2D eigenvalue weighted by molar-refractivity contribution is -0.135. The summed E-state index contributed by atoms with van der Waals surface area (Å²) in [6.45, 7) is 2.92. The summed E-state index contributed by atoms with van der Waals surface area (Å²) in [7, 11) is 0. The van der Waals surface area contributed by atoms with Crippen LogP contribution in [-0.4, -0.2) is 50.6 Å². The van der Waals surface area contributed by atoms with Crippen molar-refractivity contribution in [3.8, 4) is 28.4 Å². The minimum absolute atomic E-state index is 0.0772. The number of alkyl halides is 3. The number of nitrogens with one attached hydrogen (secondary N) is 4. The Balaban J connectivity index is 1.74. The lowest BCUT2D eigenvalue weighted by Gasteiger charge is -2.10. The number of benzene rings is 1. The van der Waals surface area contributed by atoms with E-state index in [0.29, 0.717) is 48.6 Å². The molecule has 0 bridgehead atoms. The van der Waals surface area contributed by atoms with Crippen LogP contribution in [0.25, 0.3) is 22.6 Å². The largest absolute Gasteiger partial charge is 0.494 e. The summed E-state index contributed by atoms with van der Waals surface area (Å²) in [4.78, 5) is 15.7. The van der Waals surface area contributed by atoms with E-state index < -0.39 is 18.2 Å². The maximum Gasteiger partial charge on any atom is 0.389 e. The number of unbranched alkanes of at least 4 members (excludes halogenated alkanes) is 2. The van der Waals surface area contributed by atoms with Crippen LogP contribution in [0.5, 0.6) is 5.75 Å². The van der Waals surface area contributed by atoms with Gasteiger partial charge in [-0.2, -0.15) is 18.4 Å². The Bertz CT molecular complexity index is 1190. The summed E-state index contributed by atoms with van der Waals surface area (Å²) >= 11 is 0. The number of hydrogen-bond acceptors (Lipinski definition) is 7. The molecule has 0 aliphatic heterocycles. The van der Waals surface area contributed by atoms with E-state index in [0.717, 1.165) is 0 Å².